The molecule has 0 aliphatic rings. The third-order valence-electron chi connectivity index (χ3n) is 1.89. The molecule has 4 amide bonds. The van der Waals surface area contributed by atoms with Gasteiger partial charge in [0, 0.05) is 74.5 Å². The molecule has 7 heteroatoms. The predicted molar refractivity (Wildman–Crippen MR) is 76.3 cm³/mol. The summed E-state index contributed by atoms with van der Waals surface area (Å²) in [6, 6.07) is 0. The average Bonchev–Trinajstić information content (AvgIpc) is 2.29. The van der Waals surface area contributed by atoms with E-state index in [1.807, 2.05) is 13.8 Å². The van der Waals surface area contributed by atoms with Crippen molar-refractivity contribution in [2.45, 2.75) is 49.0 Å². The maximum Gasteiger partial charge on any atom is 0.225 e. The van der Waals surface area contributed by atoms with Crippen LogP contribution in [0.25, 0.3) is 0 Å². The minimum atomic E-state index is -0.225. The van der Waals surface area contributed by atoms with Crippen LogP contribution in [0.4, 0.5) is 0 Å². The fourth-order valence-corrected chi connectivity index (χ4v) is 0.443. The molecule has 0 saturated heterocycles. The molecule has 0 aromatic rings. The number of hydrogen-bond acceptors (Lipinski definition) is 4. The third-order valence-corrected chi connectivity index (χ3v) is 1.89. The Morgan fingerprint density at radius 2 is 0.700 bits per heavy atom. The fraction of sp³-hybridized carbons (Fsp3) is 0.692. The molecule has 0 aromatic carbocycles. The molecule has 1 radical (unpaired) electrons. The molecule has 0 atom stereocenters. The number of amides is 4. The van der Waals surface area contributed by atoms with Crippen LogP contribution < -0.4 is 0 Å². The first-order chi connectivity index (χ1) is 8.11. The maximum atomic E-state index is 10.3. The standard InChI is InChI=1S/2C5H9NO2.C2H6.CH4.Y/c2*1-4(7)6(3)5(2)8;1-2;;/h2*1-3H3;1-2H3;1H4;. The molecule has 0 spiro atoms. The number of carbonyl (C=O) groups is 4. The Balaban J connectivity index is -0.0000000611. The first-order valence-corrected chi connectivity index (χ1v) is 5.61. The topological polar surface area (TPSA) is 74.8 Å². The molecule has 6 nitrogen and oxygen atoms in total. The van der Waals surface area contributed by atoms with Crippen LogP contribution in [-0.2, 0) is 51.9 Å². The Bertz CT molecular complexity index is 249. The second-order valence-corrected chi connectivity index (χ2v) is 3.19. The summed E-state index contributed by atoms with van der Waals surface area (Å²) in [6.07, 6.45) is 0. The van der Waals surface area contributed by atoms with E-state index >= 15 is 0 Å². The van der Waals surface area contributed by atoms with Gasteiger partial charge < -0.3 is 0 Å². The van der Waals surface area contributed by atoms with Crippen LogP contribution in [0.1, 0.15) is 49.0 Å². The summed E-state index contributed by atoms with van der Waals surface area (Å²) in [5, 5.41) is 0. The van der Waals surface area contributed by atoms with Crippen molar-refractivity contribution in [3.63, 3.8) is 0 Å². The van der Waals surface area contributed by atoms with Gasteiger partial charge in [0.1, 0.15) is 0 Å². The largest absolute Gasteiger partial charge is 0.286 e. The van der Waals surface area contributed by atoms with Gasteiger partial charge in [-0.15, -0.1) is 0 Å². The molecule has 0 bridgehead atoms. The Hall–Kier alpha value is -0.616. The Morgan fingerprint density at radius 3 is 0.700 bits per heavy atom. The molecule has 0 aromatic heterocycles. The maximum absolute atomic E-state index is 10.3. The summed E-state index contributed by atoms with van der Waals surface area (Å²) in [4.78, 5) is 43.3. The van der Waals surface area contributed by atoms with E-state index in [0.717, 1.165) is 9.80 Å². The quantitative estimate of drug-likeness (QED) is 0.655. The van der Waals surface area contributed by atoms with Gasteiger partial charge in [-0.1, -0.05) is 21.3 Å². The zero-order chi connectivity index (χ0) is 15.5. The van der Waals surface area contributed by atoms with E-state index in [2.05, 4.69) is 0 Å². The van der Waals surface area contributed by atoms with Gasteiger partial charge in [-0.3, -0.25) is 29.0 Å². The summed E-state index contributed by atoms with van der Waals surface area (Å²) < 4.78 is 0. The average molecular weight is 365 g/mol. The van der Waals surface area contributed by atoms with E-state index in [4.69, 9.17) is 0 Å². The van der Waals surface area contributed by atoms with Gasteiger partial charge in [-0.05, 0) is 0 Å². The summed E-state index contributed by atoms with van der Waals surface area (Å²) in [7, 11) is 2.90. The number of hydrogen-bond donors (Lipinski definition) is 0. The van der Waals surface area contributed by atoms with E-state index < -0.39 is 0 Å². The first kappa shape index (κ1) is 31.7. The Labute approximate surface area is 148 Å². The fourth-order valence-electron chi connectivity index (χ4n) is 0.443. The smallest absolute Gasteiger partial charge is 0.225 e. The second kappa shape index (κ2) is 18.4. The van der Waals surface area contributed by atoms with Crippen molar-refractivity contribution in [1.29, 1.82) is 0 Å². The molecule has 0 saturated carbocycles. The van der Waals surface area contributed by atoms with E-state index in [1.54, 1.807) is 0 Å². The van der Waals surface area contributed by atoms with Crippen LogP contribution in [0.15, 0.2) is 0 Å². The zero-order valence-electron chi connectivity index (χ0n) is 13.1. The van der Waals surface area contributed by atoms with Crippen LogP contribution in [0.3, 0.4) is 0 Å². The summed E-state index contributed by atoms with van der Waals surface area (Å²) in [5.74, 6) is -0.898. The van der Waals surface area contributed by atoms with Crippen molar-refractivity contribution in [3.8, 4) is 0 Å². The molecular weight excluding hydrogens is 337 g/mol. The van der Waals surface area contributed by atoms with Crippen LogP contribution in [0.5, 0.6) is 0 Å². The normalized spacial score (nSPS) is 7.00. The van der Waals surface area contributed by atoms with Crippen molar-refractivity contribution in [1.82, 2.24) is 9.80 Å². The van der Waals surface area contributed by atoms with Crippen LogP contribution in [0, 0.1) is 0 Å². The molecule has 0 N–H and O–H groups in total. The molecule has 0 unspecified atom stereocenters. The van der Waals surface area contributed by atoms with Gasteiger partial charge in [-0.2, -0.15) is 0 Å². The number of nitrogens with zero attached hydrogens (tertiary/aromatic N) is 2. The van der Waals surface area contributed by atoms with Crippen LogP contribution >= 0.6 is 0 Å². The molecule has 0 rings (SSSR count). The van der Waals surface area contributed by atoms with Gasteiger partial charge in [-0.25, -0.2) is 0 Å². The van der Waals surface area contributed by atoms with Crippen LogP contribution in [-0.4, -0.2) is 47.5 Å². The summed E-state index contributed by atoms with van der Waals surface area (Å²) in [6.45, 7) is 9.39. The minimum absolute atomic E-state index is 0. The number of rotatable bonds is 0. The summed E-state index contributed by atoms with van der Waals surface area (Å²) >= 11 is 0. The van der Waals surface area contributed by atoms with Crippen molar-refractivity contribution in [3.05, 3.63) is 0 Å². The predicted octanol–water partition coefficient (Wildman–Crippen LogP) is 1.68. The third kappa shape index (κ3) is 19.7. The van der Waals surface area contributed by atoms with Gasteiger partial charge >= 0.3 is 0 Å². The van der Waals surface area contributed by atoms with Gasteiger partial charge in [0.2, 0.25) is 23.6 Å². The van der Waals surface area contributed by atoms with Gasteiger partial charge in [0.25, 0.3) is 0 Å². The monoisotopic (exact) mass is 365 g/mol. The number of imide groups is 2. The molecule has 0 aliphatic carbocycles. The van der Waals surface area contributed by atoms with Crippen molar-refractivity contribution in [2.75, 3.05) is 14.1 Å². The van der Waals surface area contributed by atoms with E-state index in [-0.39, 0.29) is 63.8 Å². The Kier molecular flexibility index (Phi) is 29.1. The molecule has 20 heavy (non-hydrogen) atoms. The molecule has 0 aliphatic heterocycles. The zero-order valence-corrected chi connectivity index (χ0v) is 15.9. The van der Waals surface area contributed by atoms with E-state index in [9.17, 15) is 19.2 Å². The minimum Gasteiger partial charge on any atom is -0.286 e. The van der Waals surface area contributed by atoms with E-state index in [1.165, 1.54) is 41.8 Å². The van der Waals surface area contributed by atoms with E-state index in [0.29, 0.717) is 0 Å². The van der Waals surface area contributed by atoms with Crippen molar-refractivity contribution in [2.24, 2.45) is 0 Å². The van der Waals surface area contributed by atoms with Gasteiger partial charge in [0.05, 0.1) is 0 Å². The SMILES string of the molecule is C.CC.CC(=O)N(C)C(C)=O.CC(=O)N(C)C(C)=O.[Y]. The molecule has 0 fully saturated rings. The summed E-state index contributed by atoms with van der Waals surface area (Å²) in [5.41, 5.74) is 0. The Morgan fingerprint density at radius 1 is 0.600 bits per heavy atom. The molecular formula is C13H28N2O4Y. The molecule has 0 heterocycles. The van der Waals surface area contributed by atoms with Crippen LogP contribution in [0.2, 0.25) is 0 Å². The first-order valence-electron chi connectivity index (χ1n) is 5.61. The van der Waals surface area contributed by atoms with Crippen molar-refractivity contribution < 1.29 is 51.9 Å². The van der Waals surface area contributed by atoms with Gasteiger partial charge in [0.15, 0.2) is 0 Å². The number of carbonyl (C=O) groups excluding carboxylic acids is 4. The molecule has 117 valence electrons. The van der Waals surface area contributed by atoms with Crippen molar-refractivity contribution >= 4 is 23.6 Å². The second-order valence-electron chi connectivity index (χ2n) is 3.19.